The van der Waals surface area contributed by atoms with E-state index in [1.165, 1.54) is 22.7 Å². The van der Waals surface area contributed by atoms with Crippen molar-refractivity contribution in [3.05, 3.63) is 29.6 Å². The van der Waals surface area contributed by atoms with E-state index >= 15 is 0 Å². The molecule has 1 N–H and O–H groups in total. The van der Waals surface area contributed by atoms with Crippen LogP contribution >= 0.6 is 11.3 Å². The first-order chi connectivity index (χ1) is 10.8. The van der Waals surface area contributed by atoms with Gasteiger partial charge in [-0.05, 0) is 18.6 Å². The summed E-state index contributed by atoms with van der Waals surface area (Å²) in [5.41, 5.74) is 2.20. The van der Waals surface area contributed by atoms with Crippen LogP contribution in [0.5, 0.6) is 0 Å². The monoisotopic (exact) mass is 353 g/mol. The molecule has 23 heavy (non-hydrogen) atoms. The van der Waals surface area contributed by atoms with E-state index in [4.69, 9.17) is 0 Å². The minimum atomic E-state index is -3.28. The first kappa shape index (κ1) is 17.4. The van der Waals surface area contributed by atoms with Crippen LogP contribution in [0.2, 0.25) is 0 Å². The molecule has 8 heteroatoms. The Hall–Kier alpha value is -1.93. The maximum atomic E-state index is 11.6. The number of hydrogen-bond donors (Lipinski definition) is 1. The van der Waals surface area contributed by atoms with Crippen LogP contribution in [0.15, 0.2) is 29.6 Å². The van der Waals surface area contributed by atoms with Gasteiger partial charge in [0.15, 0.2) is 5.13 Å². The van der Waals surface area contributed by atoms with E-state index < -0.39 is 10.0 Å². The number of anilines is 2. The van der Waals surface area contributed by atoms with Gasteiger partial charge in [0, 0.05) is 24.4 Å². The van der Waals surface area contributed by atoms with E-state index in [0.29, 0.717) is 17.2 Å². The number of nitrogens with one attached hydrogen (secondary N) is 1. The van der Waals surface area contributed by atoms with Gasteiger partial charge in [0.25, 0.3) is 0 Å². The predicted molar refractivity (Wildman–Crippen MR) is 94.3 cm³/mol. The Morgan fingerprint density at radius 1 is 1.30 bits per heavy atom. The van der Waals surface area contributed by atoms with Crippen LogP contribution in [0, 0.1) is 0 Å². The summed E-state index contributed by atoms with van der Waals surface area (Å²) in [6, 6.07) is 7.07. The molecule has 124 valence electrons. The first-order valence-corrected chi connectivity index (χ1v) is 9.83. The van der Waals surface area contributed by atoms with E-state index in [0.717, 1.165) is 23.9 Å². The number of carbonyl (C=O) groups is 1. The third kappa shape index (κ3) is 4.52. The molecule has 0 aliphatic carbocycles. The van der Waals surface area contributed by atoms with Gasteiger partial charge in [-0.2, -0.15) is 0 Å². The van der Waals surface area contributed by atoms with Gasteiger partial charge in [0.05, 0.1) is 17.6 Å². The number of rotatable bonds is 6. The summed E-state index contributed by atoms with van der Waals surface area (Å²) >= 11 is 1.36. The van der Waals surface area contributed by atoms with Gasteiger partial charge in [-0.15, -0.1) is 11.3 Å². The van der Waals surface area contributed by atoms with Gasteiger partial charge in [-0.3, -0.25) is 9.10 Å². The molecule has 0 saturated carbocycles. The normalized spacial score (nSPS) is 11.3. The average molecular weight is 353 g/mol. The molecule has 1 heterocycles. The number of sulfonamides is 1. The quantitative estimate of drug-likeness (QED) is 0.866. The Kier molecular flexibility index (Phi) is 5.38. The van der Waals surface area contributed by atoms with Crippen molar-refractivity contribution < 1.29 is 13.2 Å². The Labute approximate surface area is 140 Å². The molecule has 0 radical (unpaired) electrons. The molecule has 0 unspecified atom stereocenters. The summed E-state index contributed by atoms with van der Waals surface area (Å²) in [5, 5.41) is 5.19. The highest BCUT2D eigenvalue weighted by Gasteiger charge is 2.12. The molecule has 1 aromatic heterocycles. The van der Waals surface area contributed by atoms with Crippen LogP contribution in [0.4, 0.5) is 10.8 Å². The van der Waals surface area contributed by atoms with Crippen molar-refractivity contribution in [2.24, 2.45) is 0 Å². The summed E-state index contributed by atoms with van der Waals surface area (Å²) in [5.74, 6) is -0.0430. The van der Waals surface area contributed by atoms with Gasteiger partial charge in [0.2, 0.25) is 15.9 Å². The van der Waals surface area contributed by atoms with E-state index in [-0.39, 0.29) is 5.91 Å². The second-order valence-corrected chi connectivity index (χ2v) is 7.99. The van der Waals surface area contributed by atoms with Crippen molar-refractivity contribution in [3.8, 4) is 11.3 Å². The maximum absolute atomic E-state index is 11.6. The number of benzene rings is 1. The zero-order valence-corrected chi connectivity index (χ0v) is 14.9. The van der Waals surface area contributed by atoms with Crippen molar-refractivity contribution in [1.29, 1.82) is 0 Å². The number of nitrogens with zero attached hydrogens (tertiary/aromatic N) is 2. The molecule has 0 saturated heterocycles. The smallest absolute Gasteiger partial charge is 0.231 e. The molecular weight excluding hydrogens is 334 g/mol. The minimum absolute atomic E-state index is 0.0430. The van der Waals surface area contributed by atoms with Crippen LogP contribution < -0.4 is 9.62 Å². The van der Waals surface area contributed by atoms with Crippen molar-refractivity contribution in [2.45, 2.75) is 19.8 Å². The summed E-state index contributed by atoms with van der Waals surface area (Å²) in [7, 11) is -1.77. The zero-order valence-electron chi connectivity index (χ0n) is 13.2. The lowest BCUT2D eigenvalue weighted by molar-refractivity contribution is -0.116. The number of carbonyl (C=O) groups excluding carboxylic acids is 1. The van der Waals surface area contributed by atoms with Gasteiger partial charge in [-0.1, -0.05) is 19.1 Å². The van der Waals surface area contributed by atoms with E-state index in [1.54, 1.807) is 12.1 Å². The second kappa shape index (κ2) is 7.10. The van der Waals surface area contributed by atoms with E-state index in [9.17, 15) is 13.2 Å². The Morgan fingerprint density at radius 2 is 1.96 bits per heavy atom. The van der Waals surface area contributed by atoms with Crippen LogP contribution in [0.1, 0.15) is 19.8 Å². The molecule has 6 nitrogen and oxygen atoms in total. The van der Waals surface area contributed by atoms with Crippen LogP contribution in [-0.4, -0.2) is 32.6 Å². The van der Waals surface area contributed by atoms with Gasteiger partial charge in [-0.25, -0.2) is 13.4 Å². The van der Waals surface area contributed by atoms with E-state index in [1.807, 2.05) is 24.4 Å². The van der Waals surface area contributed by atoms with Gasteiger partial charge < -0.3 is 5.32 Å². The predicted octanol–water partition coefficient (Wildman–Crippen LogP) is 2.94. The molecule has 0 aliphatic heterocycles. The highest BCUT2D eigenvalue weighted by Crippen LogP contribution is 2.27. The summed E-state index contributed by atoms with van der Waals surface area (Å²) in [6.45, 7) is 1.95. The molecule has 0 fully saturated rings. The van der Waals surface area contributed by atoms with Crippen molar-refractivity contribution in [1.82, 2.24) is 4.98 Å². The number of aromatic nitrogens is 1. The molecule has 1 aromatic carbocycles. The van der Waals surface area contributed by atoms with Gasteiger partial charge in [0.1, 0.15) is 0 Å². The van der Waals surface area contributed by atoms with Crippen LogP contribution in [0.3, 0.4) is 0 Å². The molecule has 0 atom stereocenters. The lowest BCUT2D eigenvalue weighted by Crippen LogP contribution is -2.24. The van der Waals surface area contributed by atoms with Crippen LogP contribution in [0.25, 0.3) is 11.3 Å². The molecule has 0 bridgehead atoms. The minimum Gasteiger partial charge on any atom is -0.302 e. The van der Waals surface area contributed by atoms with E-state index in [2.05, 4.69) is 10.3 Å². The number of hydrogen-bond acceptors (Lipinski definition) is 5. The Balaban J connectivity index is 2.14. The first-order valence-electron chi connectivity index (χ1n) is 7.11. The number of thiazole rings is 1. The molecule has 1 amide bonds. The zero-order chi connectivity index (χ0) is 17.0. The largest absolute Gasteiger partial charge is 0.302 e. The SMILES string of the molecule is CCCC(=O)Nc1nc(-c2ccc(N(C)S(C)(=O)=O)cc2)cs1. The summed E-state index contributed by atoms with van der Waals surface area (Å²) < 4.78 is 24.3. The maximum Gasteiger partial charge on any atom is 0.231 e. The highest BCUT2D eigenvalue weighted by molar-refractivity contribution is 7.92. The van der Waals surface area contributed by atoms with Crippen molar-refractivity contribution >= 4 is 38.1 Å². The molecule has 0 spiro atoms. The fourth-order valence-electron chi connectivity index (χ4n) is 1.91. The Bertz CT molecular complexity index is 783. The van der Waals surface area contributed by atoms with Crippen LogP contribution in [-0.2, 0) is 14.8 Å². The third-order valence-corrected chi connectivity index (χ3v) is 5.22. The third-order valence-electron chi connectivity index (χ3n) is 3.25. The molecule has 0 aliphatic rings. The Morgan fingerprint density at radius 3 is 2.52 bits per heavy atom. The molecular formula is C15H19N3O3S2. The molecule has 2 aromatic rings. The summed E-state index contributed by atoms with van der Waals surface area (Å²) in [4.78, 5) is 15.9. The topological polar surface area (TPSA) is 79.4 Å². The van der Waals surface area contributed by atoms with Gasteiger partial charge >= 0.3 is 0 Å². The average Bonchev–Trinajstić information content (AvgIpc) is 2.94. The highest BCUT2D eigenvalue weighted by atomic mass is 32.2. The fourth-order valence-corrected chi connectivity index (χ4v) is 3.15. The lowest BCUT2D eigenvalue weighted by Gasteiger charge is -2.16. The lowest BCUT2D eigenvalue weighted by atomic mass is 10.1. The van der Waals surface area contributed by atoms with Crippen molar-refractivity contribution in [3.63, 3.8) is 0 Å². The van der Waals surface area contributed by atoms with Crippen molar-refractivity contribution in [2.75, 3.05) is 22.9 Å². The fraction of sp³-hybridized carbons (Fsp3) is 0.333. The standard InChI is InChI=1S/C15H19N3O3S2/c1-4-5-14(19)17-15-16-13(10-22-15)11-6-8-12(9-7-11)18(2)23(3,20)21/h6-10H,4-5H2,1-3H3,(H,16,17,19). The molecule has 2 rings (SSSR count). The number of amides is 1. The second-order valence-electron chi connectivity index (χ2n) is 5.11. The summed E-state index contributed by atoms with van der Waals surface area (Å²) in [6.07, 6.45) is 2.42.